The molecule has 1 aromatic rings. The van der Waals surface area contributed by atoms with Crippen molar-refractivity contribution < 1.29 is 9.53 Å². The Bertz CT molecular complexity index is 432. The molecular formula is C14H21N3O2. The third-order valence-electron chi connectivity index (χ3n) is 4.24. The van der Waals surface area contributed by atoms with E-state index in [1.54, 1.807) is 7.11 Å². The number of H-pyrrole nitrogens is 1. The number of amides is 1. The van der Waals surface area contributed by atoms with E-state index in [9.17, 15) is 4.79 Å². The number of aromatic nitrogens is 1. The van der Waals surface area contributed by atoms with Gasteiger partial charge < -0.3 is 19.9 Å². The topological polar surface area (TPSA) is 57.4 Å². The number of carbonyl (C=O) groups is 1. The molecule has 0 saturated carbocycles. The third kappa shape index (κ3) is 2.40. The lowest BCUT2D eigenvalue weighted by molar-refractivity contribution is -0.134. The van der Waals surface area contributed by atoms with Crippen molar-refractivity contribution in [2.75, 3.05) is 20.2 Å². The average molecular weight is 263 g/mol. The predicted octanol–water partition coefficient (Wildman–Crippen LogP) is 1.06. The van der Waals surface area contributed by atoms with Gasteiger partial charge in [-0.2, -0.15) is 0 Å². The van der Waals surface area contributed by atoms with Crippen molar-refractivity contribution >= 4 is 5.91 Å². The molecule has 0 aliphatic carbocycles. The van der Waals surface area contributed by atoms with Crippen LogP contribution in [0.3, 0.4) is 0 Å². The summed E-state index contributed by atoms with van der Waals surface area (Å²) in [6, 6.07) is 4.19. The van der Waals surface area contributed by atoms with Crippen molar-refractivity contribution in [2.24, 2.45) is 0 Å². The lowest BCUT2D eigenvalue weighted by Gasteiger charge is -2.27. The summed E-state index contributed by atoms with van der Waals surface area (Å²) in [5.41, 5.74) is 1.15. The summed E-state index contributed by atoms with van der Waals surface area (Å²) >= 11 is 0. The minimum atomic E-state index is -0.0829. The van der Waals surface area contributed by atoms with Crippen molar-refractivity contribution in [1.82, 2.24) is 15.2 Å². The van der Waals surface area contributed by atoms with Crippen LogP contribution in [0.1, 0.15) is 31.0 Å². The van der Waals surface area contributed by atoms with Gasteiger partial charge in [0.05, 0.1) is 18.2 Å². The number of likely N-dealkylation sites (tertiary alicyclic amines) is 1. The Morgan fingerprint density at radius 3 is 3.11 bits per heavy atom. The molecule has 0 spiro atoms. The first-order chi connectivity index (χ1) is 9.29. The second kappa shape index (κ2) is 5.35. The normalized spacial score (nSPS) is 31.0. The SMILES string of the molecule is COC1CNC(C(=O)N2CCCC2c2ccc[nH]2)C1. The molecule has 5 nitrogen and oxygen atoms in total. The molecule has 2 N–H and O–H groups in total. The van der Waals surface area contributed by atoms with Crippen molar-refractivity contribution in [3.8, 4) is 0 Å². The molecular weight excluding hydrogens is 242 g/mol. The fourth-order valence-electron chi connectivity index (χ4n) is 3.18. The summed E-state index contributed by atoms with van der Waals surface area (Å²) in [6.07, 6.45) is 5.00. The largest absolute Gasteiger partial charge is 0.380 e. The van der Waals surface area contributed by atoms with Crippen LogP contribution in [0.2, 0.25) is 0 Å². The Labute approximate surface area is 113 Å². The van der Waals surface area contributed by atoms with E-state index in [4.69, 9.17) is 4.74 Å². The molecule has 19 heavy (non-hydrogen) atoms. The summed E-state index contributed by atoms with van der Waals surface area (Å²) in [6.45, 7) is 1.63. The monoisotopic (exact) mass is 263 g/mol. The number of hydrogen-bond donors (Lipinski definition) is 2. The molecule has 1 amide bonds. The van der Waals surface area contributed by atoms with Crippen molar-refractivity contribution in [3.63, 3.8) is 0 Å². The van der Waals surface area contributed by atoms with Gasteiger partial charge in [0.1, 0.15) is 0 Å². The van der Waals surface area contributed by atoms with Crippen LogP contribution in [0.5, 0.6) is 0 Å². The first-order valence-electron chi connectivity index (χ1n) is 6.99. The van der Waals surface area contributed by atoms with Gasteiger partial charge in [-0.3, -0.25) is 4.79 Å². The highest BCUT2D eigenvalue weighted by molar-refractivity contribution is 5.83. The van der Waals surface area contributed by atoms with Gasteiger partial charge in [0.25, 0.3) is 0 Å². The Morgan fingerprint density at radius 1 is 1.53 bits per heavy atom. The van der Waals surface area contributed by atoms with Crippen LogP contribution >= 0.6 is 0 Å². The van der Waals surface area contributed by atoms with Gasteiger partial charge in [0.15, 0.2) is 0 Å². The number of methoxy groups -OCH3 is 1. The second-order valence-electron chi connectivity index (χ2n) is 5.37. The van der Waals surface area contributed by atoms with Crippen molar-refractivity contribution in [1.29, 1.82) is 0 Å². The zero-order chi connectivity index (χ0) is 13.2. The Kier molecular flexibility index (Phi) is 3.57. The summed E-state index contributed by atoms with van der Waals surface area (Å²) in [7, 11) is 1.71. The Morgan fingerprint density at radius 2 is 2.42 bits per heavy atom. The quantitative estimate of drug-likeness (QED) is 0.857. The number of nitrogens with zero attached hydrogens (tertiary/aromatic N) is 1. The van der Waals surface area contributed by atoms with Crippen LogP contribution in [0.15, 0.2) is 18.3 Å². The first-order valence-corrected chi connectivity index (χ1v) is 6.99. The minimum Gasteiger partial charge on any atom is -0.380 e. The predicted molar refractivity (Wildman–Crippen MR) is 71.7 cm³/mol. The molecule has 2 saturated heterocycles. The van der Waals surface area contributed by atoms with Crippen LogP contribution in [0, 0.1) is 0 Å². The molecule has 2 aliphatic rings. The van der Waals surface area contributed by atoms with E-state index in [-0.39, 0.29) is 24.1 Å². The molecule has 104 valence electrons. The van der Waals surface area contributed by atoms with Gasteiger partial charge >= 0.3 is 0 Å². The summed E-state index contributed by atoms with van der Waals surface area (Å²) in [5.74, 6) is 0.219. The van der Waals surface area contributed by atoms with E-state index in [0.29, 0.717) is 0 Å². The van der Waals surface area contributed by atoms with Gasteiger partial charge in [-0.1, -0.05) is 0 Å². The molecule has 3 unspecified atom stereocenters. The zero-order valence-corrected chi connectivity index (χ0v) is 11.3. The number of hydrogen-bond acceptors (Lipinski definition) is 3. The Hall–Kier alpha value is -1.33. The maximum atomic E-state index is 12.6. The van der Waals surface area contributed by atoms with Crippen LogP contribution in [-0.2, 0) is 9.53 Å². The van der Waals surface area contributed by atoms with Crippen molar-refractivity contribution in [3.05, 3.63) is 24.0 Å². The maximum absolute atomic E-state index is 12.6. The van der Waals surface area contributed by atoms with Crippen LogP contribution in [0.4, 0.5) is 0 Å². The molecule has 1 aromatic heterocycles. The van der Waals surface area contributed by atoms with Crippen LogP contribution in [0.25, 0.3) is 0 Å². The molecule has 0 aromatic carbocycles. The number of nitrogens with one attached hydrogen (secondary N) is 2. The molecule has 3 heterocycles. The van der Waals surface area contributed by atoms with E-state index in [1.807, 2.05) is 17.2 Å². The maximum Gasteiger partial charge on any atom is 0.240 e. The molecule has 5 heteroatoms. The highest BCUT2D eigenvalue weighted by Gasteiger charge is 2.37. The highest BCUT2D eigenvalue weighted by atomic mass is 16.5. The lowest BCUT2D eigenvalue weighted by Crippen LogP contribution is -2.43. The van der Waals surface area contributed by atoms with Gasteiger partial charge in [-0.25, -0.2) is 0 Å². The van der Waals surface area contributed by atoms with Crippen molar-refractivity contribution in [2.45, 2.75) is 37.5 Å². The van der Waals surface area contributed by atoms with Crippen LogP contribution < -0.4 is 5.32 Å². The molecule has 3 rings (SSSR count). The molecule has 2 fully saturated rings. The molecule has 2 aliphatic heterocycles. The fourth-order valence-corrected chi connectivity index (χ4v) is 3.18. The van der Waals surface area contributed by atoms with E-state index in [0.717, 1.165) is 38.0 Å². The van der Waals surface area contributed by atoms with Gasteiger partial charge in [0, 0.05) is 32.1 Å². The number of rotatable bonds is 3. The summed E-state index contributed by atoms with van der Waals surface area (Å²) in [4.78, 5) is 17.9. The lowest BCUT2D eigenvalue weighted by atomic mass is 10.1. The zero-order valence-electron chi connectivity index (χ0n) is 11.3. The van der Waals surface area contributed by atoms with Gasteiger partial charge in [0.2, 0.25) is 5.91 Å². The summed E-state index contributed by atoms with van der Waals surface area (Å²) in [5, 5.41) is 3.27. The van der Waals surface area contributed by atoms with E-state index in [1.165, 1.54) is 0 Å². The number of carbonyl (C=O) groups excluding carboxylic acids is 1. The standard InChI is InChI=1S/C14H21N3O2/c1-19-10-8-12(16-9-10)14(18)17-7-3-5-13(17)11-4-2-6-15-11/h2,4,6,10,12-13,15-16H,3,5,7-9H2,1H3. The second-order valence-corrected chi connectivity index (χ2v) is 5.37. The van der Waals surface area contributed by atoms with E-state index < -0.39 is 0 Å². The third-order valence-corrected chi connectivity index (χ3v) is 4.24. The Balaban J connectivity index is 1.69. The fraction of sp³-hybridized carbons (Fsp3) is 0.643. The number of ether oxygens (including phenoxy) is 1. The summed E-state index contributed by atoms with van der Waals surface area (Å²) < 4.78 is 5.31. The first kappa shape index (κ1) is 12.7. The number of aromatic amines is 1. The highest BCUT2D eigenvalue weighted by Crippen LogP contribution is 2.32. The minimum absolute atomic E-state index is 0.0829. The molecule has 3 atom stereocenters. The van der Waals surface area contributed by atoms with Gasteiger partial charge in [-0.15, -0.1) is 0 Å². The van der Waals surface area contributed by atoms with Crippen LogP contribution in [-0.4, -0.2) is 48.1 Å². The van der Waals surface area contributed by atoms with Gasteiger partial charge in [-0.05, 0) is 31.4 Å². The van der Waals surface area contributed by atoms with E-state index >= 15 is 0 Å². The van der Waals surface area contributed by atoms with E-state index in [2.05, 4.69) is 16.4 Å². The average Bonchev–Trinajstić information content (AvgIpc) is 3.16. The molecule has 0 bridgehead atoms. The molecule has 0 radical (unpaired) electrons. The smallest absolute Gasteiger partial charge is 0.240 e.